The molecule has 0 bridgehead atoms. The number of aryl methyl sites for hydroxylation is 1. The average Bonchev–Trinajstić information content (AvgIpc) is 2.95. The highest BCUT2D eigenvalue weighted by molar-refractivity contribution is 6.12. The topological polar surface area (TPSA) is 47.9 Å². The molecule has 0 atom stereocenters. The normalized spacial score (nSPS) is 15.1. The van der Waals surface area contributed by atoms with Crippen LogP contribution in [0.15, 0.2) is 71.9 Å². The van der Waals surface area contributed by atoms with Crippen LogP contribution in [0.5, 0.6) is 5.75 Å². The fraction of sp³-hybridized carbons (Fsp3) is 0.100. The smallest absolute Gasteiger partial charge is 0.363 e. The molecule has 0 saturated carbocycles. The van der Waals surface area contributed by atoms with Gasteiger partial charge in [-0.25, -0.2) is 9.79 Å². The summed E-state index contributed by atoms with van der Waals surface area (Å²) in [5, 5.41) is 0. The molecule has 0 aliphatic carbocycles. The lowest BCUT2D eigenvalue weighted by molar-refractivity contribution is -0.129. The van der Waals surface area contributed by atoms with E-state index in [0.29, 0.717) is 18.3 Å². The summed E-state index contributed by atoms with van der Waals surface area (Å²) in [4.78, 5) is 16.3. The monoisotopic (exact) mass is 319 g/mol. The Hall–Kier alpha value is -3.14. The third-order valence-electron chi connectivity index (χ3n) is 3.45. The van der Waals surface area contributed by atoms with Gasteiger partial charge in [0.25, 0.3) is 0 Å². The van der Waals surface area contributed by atoms with Gasteiger partial charge >= 0.3 is 5.97 Å². The number of hydrogen-bond donors (Lipinski definition) is 0. The molecule has 2 aromatic carbocycles. The van der Waals surface area contributed by atoms with Gasteiger partial charge in [0.05, 0.1) is 0 Å². The Balaban J connectivity index is 1.85. The van der Waals surface area contributed by atoms with Crippen LogP contribution in [-0.2, 0) is 9.53 Å². The highest BCUT2D eigenvalue weighted by Gasteiger charge is 2.24. The van der Waals surface area contributed by atoms with Gasteiger partial charge in [-0.15, -0.1) is 0 Å². The molecule has 24 heavy (non-hydrogen) atoms. The largest absolute Gasteiger partial charge is 0.490 e. The molecular formula is C20H17NO3. The first-order valence-electron chi connectivity index (χ1n) is 7.59. The molecule has 0 N–H and O–H groups in total. The van der Waals surface area contributed by atoms with Crippen molar-refractivity contribution < 1.29 is 14.3 Å². The first-order chi connectivity index (χ1) is 11.7. The van der Waals surface area contributed by atoms with E-state index in [-0.39, 0.29) is 5.70 Å². The summed E-state index contributed by atoms with van der Waals surface area (Å²) in [6, 6.07) is 15.1. The van der Waals surface area contributed by atoms with Crippen LogP contribution in [0.4, 0.5) is 0 Å². The predicted molar refractivity (Wildman–Crippen MR) is 93.9 cm³/mol. The Labute approximate surface area is 140 Å². The van der Waals surface area contributed by atoms with Crippen molar-refractivity contribution >= 4 is 17.9 Å². The summed E-state index contributed by atoms with van der Waals surface area (Å²) >= 11 is 0. The van der Waals surface area contributed by atoms with Crippen molar-refractivity contribution in [2.24, 2.45) is 4.99 Å². The first kappa shape index (κ1) is 15.7. The predicted octanol–water partition coefficient (Wildman–Crippen LogP) is 3.90. The lowest BCUT2D eigenvalue weighted by atomic mass is 10.1. The maximum absolute atomic E-state index is 12.0. The maximum Gasteiger partial charge on any atom is 0.363 e. The summed E-state index contributed by atoms with van der Waals surface area (Å²) in [5.41, 5.74) is 3.00. The van der Waals surface area contributed by atoms with Crippen LogP contribution in [0, 0.1) is 6.92 Å². The van der Waals surface area contributed by atoms with Crippen molar-refractivity contribution in [3.05, 3.63) is 83.6 Å². The lowest BCUT2D eigenvalue weighted by Gasteiger charge is -2.03. The standard InChI is InChI=1S/C20H17NO3/c1-3-11-23-17-6-4-5-15(12-17)13-18-20(22)24-19(21-18)16-9-7-14(2)8-10-16/h3-10,12-13H,1,11H2,2H3/b18-13-. The van der Waals surface area contributed by atoms with Gasteiger partial charge in [-0.05, 0) is 42.8 Å². The van der Waals surface area contributed by atoms with Gasteiger partial charge < -0.3 is 9.47 Å². The summed E-state index contributed by atoms with van der Waals surface area (Å²) in [7, 11) is 0. The second-order valence-electron chi connectivity index (χ2n) is 5.37. The first-order valence-corrected chi connectivity index (χ1v) is 7.59. The van der Waals surface area contributed by atoms with Gasteiger partial charge in [0, 0.05) is 5.56 Å². The quantitative estimate of drug-likeness (QED) is 0.477. The van der Waals surface area contributed by atoms with Crippen LogP contribution in [0.1, 0.15) is 16.7 Å². The molecule has 1 heterocycles. The van der Waals surface area contributed by atoms with Crippen molar-refractivity contribution in [2.45, 2.75) is 6.92 Å². The number of esters is 1. The molecule has 0 radical (unpaired) electrons. The average molecular weight is 319 g/mol. The molecule has 0 aromatic heterocycles. The molecular weight excluding hydrogens is 302 g/mol. The van der Waals surface area contributed by atoms with E-state index in [0.717, 1.165) is 16.7 Å². The Bertz CT molecular complexity index is 832. The Morgan fingerprint density at radius 1 is 1.21 bits per heavy atom. The van der Waals surface area contributed by atoms with Crippen molar-refractivity contribution in [1.82, 2.24) is 0 Å². The van der Waals surface area contributed by atoms with E-state index < -0.39 is 5.97 Å². The van der Waals surface area contributed by atoms with Crippen LogP contribution in [-0.4, -0.2) is 18.5 Å². The van der Waals surface area contributed by atoms with E-state index in [1.165, 1.54) is 0 Å². The summed E-state index contributed by atoms with van der Waals surface area (Å²) < 4.78 is 10.8. The zero-order valence-corrected chi connectivity index (χ0v) is 13.4. The zero-order chi connectivity index (χ0) is 16.9. The van der Waals surface area contributed by atoms with E-state index in [9.17, 15) is 4.79 Å². The van der Waals surface area contributed by atoms with Crippen LogP contribution in [0.3, 0.4) is 0 Å². The van der Waals surface area contributed by atoms with Gasteiger partial charge in [-0.1, -0.05) is 42.5 Å². The SMILES string of the molecule is C=CCOc1cccc(/C=C2\N=C(c3ccc(C)cc3)OC2=O)c1. The zero-order valence-electron chi connectivity index (χ0n) is 13.4. The van der Waals surface area contributed by atoms with E-state index in [1.54, 1.807) is 12.2 Å². The Kier molecular flexibility index (Phi) is 4.57. The third kappa shape index (κ3) is 3.60. The minimum absolute atomic E-state index is 0.270. The van der Waals surface area contributed by atoms with Crippen LogP contribution >= 0.6 is 0 Å². The summed E-state index contributed by atoms with van der Waals surface area (Å²) in [6.07, 6.45) is 3.36. The molecule has 4 heteroatoms. The molecule has 2 aromatic rings. The molecule has 0 spiro atoms. The van der Waals surface area contributed by atoms with Crippen molar-refractivity contribution in [3.63, 3.8) is 0 Å². The van der Waals surface area contributed by atoms with Gasteiger partial charge in [-0.2, -0.15) is 0 Å². The Morgan fingerprint density at radius 3 is 2.75 bits per heavy atom. The van der Waals surface area contributed by atoms with Crippen LogP contribution < -0.4 is 4.74 Å². The number of benzene rings is 2. The number of nitrogens with zero attached hydrogens (tertiary/aromatic N) is 1. The van der Waals surface area contributed by atoms with Crippen LogP contribution in [0.25, 0.3) is 6.08 Å². The summed E-state index contributed by atoms with van der Waals surface area (Å²) in [6.45, 7) is 6.05. The van der Waals surface area contributed by atoms with Gasteiger partial charge in [0.2, 0.25) is 5.90 Å². The number of aliphatic imine (C=N–C) groups is 1. The molecule has 1 aliphatic rings. The minimum atomic E-state index is -0.456. The number of ether oxygens (including phenoxy) is 2. The van der Waals surface area contributed by atoms with Crippen LogP contribution in [0.2, 0.25) is 0 Å². The van der Waals surface area contributed by atoms with Crippen molar-refractivity contribution in [2.75, 3.05) is 6.61 Å². The van der Waals surface area contributed by atoms with E-state index in [1.807, 2.05) is 55.5 Å². The highest BCUT2D eigenvalue weighted by atomic mass is 16.6. The number of carbonyl (C=O) groups is 1. The fourth-order valence-corrected chi connectivity index (χ4v) is 2.24. The van der Waals surface area contributed by atoms with Gasteiger partial charge in [0.15, 0.2) is 5.70 Å². The second-order valence-corrected chi connectivity index (χ2v) is 5.37. The minimum Gasteiger partial charge on any atom is -0.490 e. The van der Waals surface area contributed by atoms with Crippen molar-refractivity contribution in [3.8, 4) is 5.75 Å². The number of carbonyl (C=O) groups excluding carboxylic acids is 1. The maximum atomic E-state index is 12.0. The fourth-order valence-electron chi connectivity index (χ4n) is 2.24. The second kappa shape index (κ2) is 6.96. The highest BCUT2D eigenvalue weighted by Crippen LogP contribution is 2.21. The molecule has 0 amide bonds. The van der Waals surface area contributed by atoms with Gasteiger partial charge in [0.1, 0.15) is 12.4 Å². The Morgan fingerprint density at radius 2 is 2.00 bits per heavy atom. The number of cyclic esters (lactones) is 1. The van der Waals surface area contributed by atoms with E-state index in [4.69, 9.17) is 9.47 Å². The molecule has 0 fully saturated rings. The molecule has 120 valence electrons. The van der Waals surface area contributed by atoms with Crippen molar-refractivity contribution in [1.29, 1.82) is 0 Å². The van der Waals surface area contributed by atoms with E-state index >= 15 is 0 Å². The third-order valence-corrected chi connectivity index (χ3v) is 3.45. The number of rotatable bonds is 5. The molecule has 0 saturated heterocycles. The number of hydrogen-bond acceptors (Lipinski definition) is 4. The van der Waals surface area contributed by atoms with Gasteiger partial charge in [-0.3, -0.25) is 0 Å². The molecule has 3 rings (SSSR count). The molecule has 4 nitrogen and oxygen atoms in total. The molecule has 0 unspecified atom stereocenters. The lowest BCUT2D eigenvalue weighted by Crippen LogP contribution is -2.05. The molecule has 1 aliphatic heterocycles. The summed E-state index contributed by atoms with van der Waals surface area (Å²) in [5.74, 6) is 0.576. The van der Waals surface area contributed by atoms with E-state index in [2.05, 4.69) is 11.6 Å².